The van der Waals surface area contributed by atoms with E-state index in [-0.39, 0.29) is 0 Å². The smallest absolute Gasteiger partial charge is 0.0925 e. The van der Waals surface area contributed by atoms with Gasteiger partial charge in [0.2, 0.25) is 0 Å². The highest BCUT2D eigenvalue weighted by Gasteiger charge is 2.20. The lowest BCUT2D eigenvalue weighted by molar-refractivity contribution is 0.282. The molecule has 0 amide bonds. The second-order valence-corrected chi connectivity index (χ2v) is 6.23. The molecule has 0 aromatic carbocycles. The summed E-state index contributed by atoms with van der Waals surface area (Å²) in [6.07, 6.45) is 3.98. The first kappa shape index (κ1) is 12.8. The molecule has 0 saturated heterocycles. The van der Waals surface area contributed by atoms with Crippen LogP contribution in [0.1, 0.15) is 16.3 Å². The van der Waals surface area contributed by atoms with Crippen molar-refractivity contribution in [1.82, 2.24) is 20.2 Å². The summed E-state index contributed by atoms with van der Waals surface area (Å²) in [7, 11) is 2.20. The van der Waals surface area contributed by atoms with Gasteiger partial charge in [0.25, 0.3) is 0 Å². The predicted molar refractivity (Wildman–Crippen MR) is 78.4 cm³/mol. The van der Waals surface area contributed by atoms with E-state index in [2.05, 4.69) is 44.7 Å². The molecule has 0 saturated carbocycles. The van der Waals surface area contributed by atoms with Crippen LogP contribution in [0.2, 0.25) is 0 Å². The highest BCUT2D eigenvalue weighted by atomic mass is 32.1. The molecule has 102 valence electrons. The normalized spacial score (nSPS) is 18.7. The number of fused-ring (bicyclic) bond motifs is 1. The summed E-state index contributed by atoms with van der Waals surface area (Å²) in [5.74, 6) is 0. The number of likely N-dealkylation sites (N-methyl/N-ethyl adjacent to an activating group) is 1. The summed E-state index contributed by atoms with van der Waals surface area (Å²) in [5, 5.41) is 5.73. The largest absolute Gasteiger partial charge is 0.347 e. The molecular weight excluding hydrogens is 256 g/mol. The van der Waals surface area contributed by atoms with Crippen LogP contribution in [0.3, 0.4) is 0 Å². The molecule has 19 heavy (non-hydrogen) atoms. The van der Waals surface area contributed by atoms with E-state index in [1.165, 1.54) is 16.3 Å². The van der Waals surface area contributed by atoms with Crippen molar-refractivity contribution in [2.75, 3.05) is 20.1 Å². The average Bonchev–Trinajstić information content (AvgIpc) is 3.07. The molecule has 2 aromatic heterocycles. The molecular formula is C14H20N4S. The van der Waals surface area contributed by atoms with E-state index in [1.54, 1.807) is 6.33 Å². The molecule has 0 fully saturated rings. The van der Waals surface area contributed by atoms with Crippen LogP contribution in [0.5, 0.6) is 0 Å². The number of thiophene rings is 1. The van der Waals surface area contributed by atoms with Gasteiger partial charge in [-0.25, -0.2) is 4.98 Å². The van der Waals surface area contributed by atoms with Crippen molar-refractivity contribution in [3.05, 3.63) is 40.1 Å². The van der Waals surface area contributed by atoms with Crippen LogP contribution in [0.15, 0.2) is 23.8 Å². The minimum atomic E-state index is 0.518. The first-order chi connectivity index (χ1) is 9.31. The van der Waals surface area contributed by atoms with Crippen LogP contribution in [-0.4, -0.2) is 41.0 Å². The van der Waals surface area contributed by atoms with Crippen LogP contribution in [0.4, 0.5) is 0 Å². The maximum atomic E-state index is 4.39. The summed E-state index contributed by atoms with van der Waals surface area (Å²) >= 11 is 1.85. The molecule has 3 heterocycles. The number of aromatic amines is 1. The molecule has 1 aliphatic rings. The zero-order valence-electron chi connectivity index (χ0n) is 11.2. The predicted octanol–water partition coefficient (Wildman–Crippen LogP) is 1.66. The molecule has 2 aromatic rings. The Labute approximate surface area is 117 Å². The minimum Gasteiger partial charge on any atom is -0.347 e. The highest BCUT2D eigenvalue weighted by molar-refractivity contribution is 7.09. The van der Waals surface area contributed by atoms with Crippen molar-refractivity contribution < 1.29 is 0 Å². The number of H-pyrrole nitrogens is 1. The van der Waals surface area contributed by atoms with E-state index >= 15 is 0 Å². The first-order valence-corrected chi connectivity index (χ1v) is 7.64. The van der Waals surface area contributed by atoms with Crippen molar-refractivity contribution >= 4 is 11.3 Å². The molecule has 2 N–H and O–H groups in total. The standard InChI is InChI=1S/C14H20N4S/c1-18(5-4-12-3-2-6-19-12)9-11-7-13-14(8-15-11)17-10-16-13/h2-3,6,10-11,15H,4-5,7-9H2,1H3,(H,16,17). The van der Waals surface area contributed by atoms with Crippen molar-refractivity contribution in [2.45, 2.75) is 25.4 Å². The number of hydrogen-bond donors (Lipinski definition) is 2. The number of hydrogen-bond acceptors (Lipinski definition) is 4. The number of imidazole rings is 1. The van der Waals surface area contributed by atoms with Gasteiger partial charge in [-0.15, -0.1) is 11.3 Å². The van der Waals surface area contributed by atoms with E-state index in [0.29, 0.717) is 6.04 Å². The fourth-order valence-electron chi connectivity index (χ4n) is 2.58. The molecule has 3 rings (SSSR count). The number of nitrogens with zero attached hydrogens (tertiary/aromatic N) is 2. The lowest BCUT2D eigenvalue weighted by atomic mass is 10.1. The topological polar surface area (TPSA) is 44.0 Å². The summed E-state index contributed by atoms with van der Waals surface area (Å²) in [4.78, 5) is 11.5. The Morgan fingerprint density at radius 3 is 3.32 bits per heavy atom. The average molecular weight is 276 g/mol. The second-order valence-electron chi connectivity index (χ2n) is 5.20. The monoisotopic (exact) mass is 276 g/mol. The Balaban J connectivity index is 1.46. The SMILES string of the molecule is CN(CCc1cccs1)CC1Cc2nc[nH]c2CN1. The molecule has 1 aliphatic heterocycles. The molecule has 5 heteroatoms. The molecule has 1 atom stereocenters. The summed E-state index contributed by atoms with van der Waals surface area (Å²) in [5.41, 5.74) is 2.48. The Morgan fingerprint density at radius 2 is 2.47 bits per heavy atom. The summed E-state index contributed by atoms with van der Waals surface area (Å²) < 4.78 is 0. The molecule has 1 unspecified atom stereocenters. The van der Waals surface area contributed by atoms with Crippen LogP contribution < -0.4 is 5.32 Å². The molecule has 0 bridgehead atoms. The van der Waals surface area contributed by atoms with Crippen LogP contribution in [-0.2, 0) is 19.4 Å². The van der Waals surface area contributed by atoms with E-state index in [0.717, 1.165) is 32.5 Å². The van der Waals surface area contributed by atoms with Gasteiger partial charge in [-0.1, -0.05) is 6.07 Å². The highest BCUT2D eigenvalue weighted by Crippen LogP contribution is 2.13. The fraction of sp³-hybridized carbons (Fsp3) is 0.500. The van der Waals surface area contributed by atoms with Gasteiger partial charge in [-0.3, -0.25) is 0 Å². The molecule has 0 aliphatic carbocycles. The first-order valence-electron chi connectivity index (χ1n) is 6.76. The lowest BCUT2D eigenvalue weighted by Crippen LogP contribution is -2.44. The van der Waals surface area contributed by atoms with Crippen molar-refractivity contribution in [3.8, 4) is 0 Å². The molecule has 0 spiro atoms. The van der Waals surface area contributed by atoms with Crippen LogP contribution in [0, 0.1) is 0 Å². The van der Waals surface area contributed by atoms with Crippen molar-refractivity contribution in [3.63, 3.8) is 0 Å². The zero-order chi connectivity index (χ0) is 13.1. The van der Waals surface area contributed by atoms with E-state index < -0.39 is 0 Å². The maximum absolute atomic E-state index is 4.39. The zero-order valence-corrected chi connectivity index (χ0v) is 12.0. The van der Waals surface area contributed by atoms with Gasteiger partial charge < -0.3 is 15.2 Å². The van der Waals surface area contributed by atoms with Crippen LogP contribution >= 0.6 is 11.3 Å². The number of nitrogens with one attached hydrogen (secondary N) is 2. The number of aromatic nitrogens is 2. The van der Waals surface area contributed by atoms with Crippen molar-refractivity contribution in [1.29, 1.82) is 0 Å². The van der Waals surface area contributed by atoms with Crippen molar-refractivity contribution in [2.24, 2.45) is 0 Å². The minimum absolute atomic E-state index is 0.518. The van der Waals surface area contributed by atoms with Crippen LogP contribution in [0.25, 0.3) is 0 Å². The van der Waals surface area contributed by atoms with Gasteiger partial charge in [-0.2, -0.15) is 0 Å². The summed E-state index contributed by atoms with van der Waals surface area (Å²) in [6, 6.07) is 4.86. The molecule has 0 radical (unpaired) electrons. The Kier molecular flexibility index (Phi) is 3.96. The van der Waals surface area contributed by atoms with Gasteiger partial charge in [0, 0.05) is 37.0 Å². The lowest BCUT2D eigenvalue weighted by Gasteiger charge is -2.27. The van der Waals surface area contributed by atoms with Gasteiger partial charge in [0.15, 0.2) is 0 Å². The van der Waals surface area contributed by atoms with Gasteiger partial charge in [0.05, 0.1) is 17.7 Å². The van der Waals surface area contributed by atoms with Gasteiger partial charge >= 0.3 is 0 Å². The summed E-state index contributed by atoms with van der Waals surface area (Å²) in [6.45, 7) is 3.11. The Hall–Kier alpha value is -1.17. The fourth-order valence-corrected chi connectivity index (χ4v) is 3.28. The third-order valence-electron chi connectivity index (χ3n) is 3.67. The third-order valence-corrected chi connectivity index (χ3v) is 4.60. The Bertz CT molecular complexity index is 505. The maximum Gasteiger partial charge on any atom is 0.0925 e. The van der Waals surface area contributed by atoms with Gasteiger partial charge in [-0.05, 0) is 24.9 Å². The van der Waals surface area contributed by atoms with E-state index in [1.807, 2.05) is 11.3 Å². The van der Waals surface area contributed by atoms with E-state index in [9.17, 15) is 0 Å². The third kappa shape index (κ3) is 3.23. The number of rotatable bonds is 5. The van der Waals surface area contributed by atoms with E-state index in [4.69, 9.17) is 0 Å². The second kappa shape index (κ2) is 5.86. The Morgan fingerprint density at radius 1 is 1.53 bits per heavy atom. The quantitative estimate of drug-likeness (QED) is 0.873. The molecule has 4 nitrogen and oxygen atoms in total. The van der Waals surface area contributed by atoms with Gasteiger partial charge in [0.1, 0.15) is 0 Å².